The molecule has 0 radical (unpaired) electrons. The van der Waals surface area contributed by atoms with Gasteiger partial charge in [-0.05, 0) is 75.0 Å². The average Bonchev–Trinajstić information content (AvgIpc) is 2.85. The van der Waals surface area contributed by atoms with Crippen LogP contribution < -0.4 is 15.5 Å². The molecule has 7 heteroatoms. The Morgan fingerprint density at radius 3 is 2.47 bits per heavy atom. The minimum absolute atomic E-state index is 0.0467. The molecular formula is C25H33N5O2. The molecule has 7 nitrogen and oxygen atoms in total. The summed E-state index contributed by atoms with van der Waals surface area (Å²) in [6.45, 7) is 3.71. The number of nitrogens with zero attached hydrogens (tertiary/aromatic N) is 3. The number of piperidine rings is 2. The number of hydrogen-bond acceptors (Lipinski definition) is 5. The van der Waals surface area contributed by atoms with Crippen LogP contribution in [0.25, 0.3) is 0 Å². The lowest BCUT2D eigenvalue weighted by Crippen LogP contribution is -2.55. The van der Waals surface area contributed by atoms with Crippen LogP contribution in [-0.4, -0.2) is 61.5 Å². The van der Waals surface area contributed by atoms with Gasteiger partial charge in [-0.3, -0.25) is 19.5 Å². The Morgan fingerprint density at radius 2 is 1.78 bits per heavy atom. The van der Waals surface area contributed by atoms with Gasteiger partial charge in [-0.15, -0.1) is 0 Å². The molecule has 2 aliphatic rings. The van der Waals surface area contributed by atoms with Crippen molar-refractivity contribution in [1.29, 1.82) is 0 Å². The number of carbonyl (C=O) groups excluding carboxylic acids is 2. The zero-order valence-corrected chi connectivity index (χ0v) is 18.8. The number of carbonyl (C=O) groups is 2. The fourth-order valence-corrected chi connectivity index (χ4v) is 4.99. The number of likely N-dealkylation sites (N-methyl/N-ethyl adjacent to an activating group) is 1. The minimum atomic E-state index is -0.732. The molecule has 3 heterocycles. The second-order valence-electron chi connectivity index (χ2n) is 8.83. The van der Waals surface area contributed by atoms with Crippen LogP contribution in [0.3, 0.4) is 0 Å². The SMILES string of the molecule is CNC(=O)[C@@]1(c2ccccn2)CCCN(CC(=O)Nc2ccc(N3CCCCC3)cc2)C1. The molecule has 2 saturated heterocycles. The summed E-state index contributed by atoms with van der Waals surface area (Å²) in [6.07, 6.45) is 7.07. The number of hydrogen-bond donors (Lipinski definition) is 2. The molecule has 0 saturated carbocycles. The zero-order chi connectivity index (χ0) is 22.4. The second kappa shape index (κ2) is 10.1. The lowest BCUT2D eigenvalue weighted by Gasteiger charge is -2.40. The minimum Gasteiger partial charge on any atom is -0.372 e. The fourth-order valence-electron chi connectivity index (χ4n) is 4.99. The van der Waals surface area contributed by atoms with Crippen molar-refractivity contribution in [3.8, 4) is 0 Å². The quantitative estimate of drug-likeness (QED) is 0.730. The smallest absolute Gasteiger partial charge is 0.238 e. The Bertz CT molecular complexity index is 912. The predicted octanol–water partition coefficient (Wildman–Crippen LogP) is 2.79. The molecule has 1 aromatic heterocycles. The van der Waals surface area contributed by atoms with E-state index in [-0.39, 0.29) is 18.4 Å². The second-order valence-corrected chi connectivity index (χ2v) is 8.83. The van der Waals surface area contributed by atoms with Crippen LogP contribution in [-0.2, 0) is 15.0 Å². The topological polar surface area (TPSA) is 77.6 Å². The predicted molar refractivity (Wildman–Crippen MR) is 127 cm³/mol. The maximum Gasteiger partial charge on any atom is 0.238 e. The highest BCUT2D eigenvalue weighted by Crippen LogP contribution is 2.33. The van der Waals surface area contributed by atoms with Crippen molar-refractivity contribution in [2.45, 2.75) is 37.5 Å². The van der Waals surface area contributed by atoms with E-state index in [1.165, 1.54) is 24.9 Å². The van der Waals surface area contributed by atoms with Gasteiger partial charge in [0, 0.05) is 44.3 Å². The molecule has 1 aromatic carbocycles. The van der Waals surface area contributed by atoms with E-state index in [4.69, 9.17) is 0 Å². The number of anilines is 2. The van der Waals surface area contributed by atoms with Gasteiger partial charge in [-0.2, -0.15) is 0 Å². The normalized spacial score (nSPS) is 21.7. The molecule has 0 aliphatic carbocycles. The van der Waals surface area contributed by atoms with E-state index in [1.54, 1.807) is 13.2 Å². The van der Waals surface area contributed by atoms with E-state index in [0.717, 1.165) is 43.9 Å². The van der Waals surface area contributed by atoms with E-state index in [9.17, 15) is 9.59 Å². The number of rotatable bonds is 6. The Labute approximate surface area is 190 Å². The molecule has 170 valence electrons. The van der Waals surface area contributed by atoms with E-state index < -0.39 is 5.41 Å². The molecule has 2 amide bonds. The first-order valence-corrected chi connectivity index (χ1v) is 11.6. The maximum absolute atomic E-state index is 12.9. The molecule has 0 unspecified atom stereocenters. The molecule has 2 aromatic rings. The van der Waals surface area contributed by atoms with Crippen LogP contribution in [0, 0.1) is 0 Å². The summed E-state index contributed by atoms with van der Waals surface area (Å²) in [5, 5.41) is 5.82. The van der Waals surface area contributed by atoms with Crippen molar-refractivity contribution in [2.75, 3.05) is 50.0 Å². The van der Waals surface area contributed by atoms with Gasteiger partial charge in [0.25, 0.3) is 0 Å². The van der Waals surface area contributed by atoms with Gasteiger partial charge in [0.05, 0.1) is 12.2 Å². The highest BCUT2D eigenvalue weighted by Gasteiger charge is 2.44. The summed E-state index contributed by atoms with van der Waals surface area (Å²) >= 11 is 0. The third-order valence-corrected chi connectivity index (χ3v) is 6.63. The molecule has 32 heavy (non-hydrogen) atoms. The lowest BCUT2D eigenvalue weighted by atomic mass is 9.75. The van der Waals surface area contributed by atoms with E-state index in [1.807, 2.05) is 30.3 Å². The van der Waals surface area contributed by atoms with Crippen molar-refractivity contribution in [3.05, 3.63) is 54.4 Å². The van der Waals surface area contributed by atoms with Gasteiger partial charge in [-0.25, -0.2) is 0 Å². The highest BCUT2D eigenvalue weighted by molar-refractivity contribution is 5.93. The first-order chi connectivity index (χ1) is 15.6. The Balaban J connectivity index is 1.39. The molecule has 2 N–H and O–H groups in total. The van der Waals surface area contributed by atoms with Crippen LogP contribution in [0.2, 0.25) is 0 Å². The summed E-state index contributed by atoms with van der Waals surface area (Å²) < 4.78 is 0. The van der Waals surface area contributed by atoms with Gasteiger partial charge in [0.1, 0.15) is 5.41 Å². The maximum atomic E-state index is 12.9. The molecule has 4 rings (SSSR count). The van der Waals surface area contributed by atoms with Gasteiger partial charge in [-0.1, -0.05) is 6.07 Å². The molecular weight excluding hydrogens is 402 g/mol. The standard InChI is InChI=1S/C25H33N5O2/c1-26-24(32)25(22-8-3-4-14-27-22)13-7-15-29(19-25)18-23(31)28-20-9-11-21(12-10-20)30-16-5-2-6-17-30/h3-4,8-12,14H,2,5-7,13,15-19H2,1H3,(H,26,32)(H,28,31)/t25-/m0/s1. The summed E-state index contributed by atoms with van der Waals surface area (Å²) in [6, 6.07) is 13.8. The van der Waals surface area contributed by atoms with Gasteiger partial charge in [0.15, 0.2) is 0 Å². The van der Waals surface area contributed by atoms with Crippen molar-refractivity contribution < 1.29 is 9.59 Å². The molecule has 2 fully saturated rings. The number of likely N-dealkylation sites (tertiary alicyclic amines) is 1. The molecule has 0 bridgehead atoms. The first-order valence-electron chi connectivity index (χ1n) is 11.6. The summed E-state index contributed by atoms with van der Waals surface area (Å²) in [5.74, 6) is -0.112. The van der Waals surface area contributed by atoms with Gasteiger partial charge in [0.2, 0.25) is 11.8 Å². The zero-order valence-electron chi connectivity index (χ0n) is 18.8. The monoisotopic (exact) mass is 435 g/mol. The summed E-state index contributed by atoms with van der Waals surface area (Å²) in [5.41, 5.74) is 2.04. The van der Waals surface area contributed by atoms with E-state index in [0.29, 0.717) is 6.54 Å². The van der Waals surface area contributed by atoms with Crippen LogP contribution >= 0.6 is 0 Å². The third-order valence-electron chi connectivity index (χ3n) is 6.63. The largest absolute Gasteiger partial charge is 0.372 e. The Morgan fingerprint density at radius 1 is 1.00 bits per heavy atom. The van der Waals surface area contributed by atoms with Crippen molar-refractivity contribution in [1.82, 2.24) is 15.2 Å². The number of benzene rings is 1. The van der Waals surface area contributed by atoms with E-state index >= 15 is 0 Å². The van der Waals surface area contributed by atoms with Gasteiger partial charge < -0.3 is 15.5 Å². The Hall–Kier alpha value is -2.93. The number of pyridine rings is 1. The van der Waals surface area contributed by atoms with Gasteiger partial charge >= 0.3 is 0 Å². The lowest BCUT2D eigenvalue weighted by molar-refractivity contribution is -0.130. The number of amides is 2. The first kappa shape index (κ1) is 22.3. The molecule has 2 aliphatic heterocycles. The van der Waals surface area contributed by atoms with Crippen LogP contribution in [0.4, 0.5) is 11.4 Å². The van der Waals surface area contributed by atoms with Crippen molar-refractivity contribution >= 4 is 23.2 Å². The van der Waals surface area contributed by atoms with Crippen molar-refractivity contribution in [2.24, 2.45) is 0 Å². The van der Waals surface area contributed by atoms with Crippen LogP contribution in [0.15, 0.2) is 48.7 Å². The molecule has 1 atom stereocenters. The highest BCUT2D eigenvalue weighted by atomic mass is 16.2. The van der Waals surface area contributed by atoms with E-state index in [2.05, 4.69) is 37.6 Å². The Kier molecular flexibility index (Phi) is 7.05. The van der Waals surface area contributed by atoms with Crippen LogP contribution in [0.1, 0.15) is 37.8 Å². The molecule has 0 spiro atoms. The van der Waals surface area contributed by atoms with Crippen LogP contribution in [0.5, 0.6) is 0 Å². The average molecular weight is 436 g/mol. The van der Waals surface area contributed by atoms with Crippen molar-refractivity contribution in [3.63, 3.8) is 0 Å². The third kappa shape index (κ3) is 4.93. The fraction of sp³-hybridized carbons (Fsp3) is 0.480. The number of aromatic nitrogens is 1. The number of nitrogens with one attached hydrogen (secondary N) is 2. The summed E-state index contributed by atoms with van der Waals surface area (Å²) in [7, 11) is 1.66. The summed E-state index contributed by atoms with van der Waals surface area (Å²) in [4.78, 5) is 34.6.